The number of hydrogen-bond donors (Lipinski definition) is 0. The molecule has 1 aromatic carbocycles. The number of rotatable bonds is 6. The molecule has 0 aliphatic heterocycles. The van der Waals surface area contributed by atoms with Crippen molar-refractivity contribution in [1.29, 1.82) is 0 Å². The van der Waals surface area contributed by atoms with Crippen LogP contribution >= 0.6 is 10.8 Å². The molecular weight excluding hydrogens is 295 g/mol. The van der Waals surface area contributed by atoms with E-state index in [2.05, 4.69) is 0 Å². The molecule has 0 aliphatic rings. The summed E-state index contributed by atoms with van der Waals surface area (Å²) < 4.78 is 39.3. The Kier molecular flexibility index (Phi) is 5.63. The van der Waals surface area contributed by atoms with Crippen LogP contribution in [0.3, 0.4) is 0 Å². The van der Waals surface area contributed by atoms with Crippen LogP contribution in [0.2, 0.25) is 0 Å². The zero-order valence-corrected chi connectivity index (χ0v) is 11.3. The molecule has 0 radical (unpaired) electrons. The van der Waals surface area contributed by atoms with Gasteiger partial charge in [-0.3, -0.25) is 0 Å². The molecule has 7 heteroatoms. The molecule has 0 amide bonds. The van der Waals surface area contributed by atoms with Gasteiger partial charge in [-0.1, -0.05) is 0 Å². The van der Waals surface area contributed by atoms with E-state index in [9.17, 15) is 12.3 Å². The van der Waals surface area contributed by atoms with Gasteiger partial charge in [-0.25, -0.2) is 0 Å². The molecule has 0 heterocycles. The first-order valence-corrected chi connectivity index (χ1v) is 8.95. The van der Waals surface area contributed by atoms with Crippen molar-refractivity contribution in [2.24, 2.45) is 0 Å². The third-order valence-electron chi connectivity index (χ3n) is 1.58. The molecule has 0 saturated heterocycles. The van der Waals surface area contributed by atoms with Crippen LogP contribution in [0.15, 0.2) is 30.3 Å². The summed E-state index contributed by atoms with van der Waals surface area (Å²) in [6.45, 7) is 1.55. The molecule has 0 atom stereocenters. The van der Waals surface area contributed by atoms with Gasteiger partial charge in [0.1, 0.15) is 0 Å². The first-order chi connectivity index (χ1) is 7.55. The fourth-order valence-electron chi connectivity index (χ4n) is 0.761. The molecule has 0 fully saturated rings. The van der Waals surface area contributed by atoms with Gasteiger partial charge in [-0.2, -0.15) is 0 Å². The second-order valence-corrected chi connectivity index (χ2v) is 8.53. The van der Waals surface area contributed by atoms with Crippen LogP contribution in [-0.2, 0) is 30.5 Å². The summed E-state index contributed by atoms with van der Waals surface area (Å²) in [4.78, 5) is 0. The van der Waals surface area contributed by atoms with Gasteiger partial charge in [0.05, 0.1) is 0 Å². The van der Waals surface area contributed by atoms with Crippen molar-refractivity contribution in [2.75, 3.05) is 11.7 Å². The van der Waals surface area contributed by atoms with Gasteiger partial charge >= 0.3 is 103 Å². The zero-order valence-electron chi connectivity index (χ0n) is 8.58. The van der Waals surface area contributed by atoms with Crippen molar-refractivity contribution in [1.82, 2.24) is 0 Å². The summed E-state index contributed by atoms with van der Waals surface area (Å²) in [5.41, 5.74) is 0. The Morgan fingerprint density at radius 2 is 1.94 bits per heavy atom. The van der Waals surface area contributed by atoms with Crippen molar-refractivity contribution in [3.8, 4) is 0 Å². The average Bonchev–Trinajstić information content (AvgIpc) is 2.30. The van der Waals surface area contributed by atoms with Crippen molar-refractivity contribution in [2.45, 2.75) is 6.92 Å². The monoisotopic (exact) mass is 307 g/mol. The van der Waals surface area contributed by atoms with Crippen LogP contribution in [0.25, 0.3) is 0 Å². The third kappa shape index (κ3) is 4.75. The van der Waals surface area contributed by atoms with Gasteiger partial charge in [-0.15, -0.1) is 0 Å². The van der Waals surface area contributed by atoms with Gasteiger partial charge in [0.25, 0.3) is 0 Å². The first-order valence-electron chi connectivity index (χ1n) is 4.42. The van der Waals surface area contributed by atoms with E-state index < -0.39 is 22.8 Å². The Balaban J connectivity index is 2.43. The fraction of sp³-hybridized carbons (Fsp3) is 0.333. The normalized spacial score (nSPS) is 12.4. The van der Waals surface area contributed by atoms with Crippen LogP contribution in [0.1, 0.15) is 6.92 Å². The second kappa shape index (κ2) is 6.50. The number of hydrogen-bond acceptors (Lipinski definition) is 5. The van der Waals surface area contributed by atoms with Crippen LogP contribution in [0.5, 0.6) is 0 Å². The van der Waals surface area contributed by atoms with Crippen LogP contribution in [0.4, 0.5) is 0 Å². The fourth-order valence-corrected chi connectivity index (χ4v) is 3.66. The van der Waals surface area contributed by atoms with E-state index in [4.69, 9.17) is 3.85 Å². The minimum absolute atomic E-state index is 0.0445. The molecule has 0 bridgehead atoms. The Hall–Kier alpha value is -0.214. The summed E-state index contributed by atoms with van der Waals surface area (Å²) in [5.74, 6) is -0.0673. The van der Waals surface area contributed by atoms with Crippen molar-refractivity contribution >= 4 is 24.2 Å². The molecule has 1 rings (SSSR count). The van der Waals surface area contributed by atoms with E-state index in [1.807, 2.05) is 6.07 Å². The Bertz CT molecular complexity index is 444. The predicted octanol–water partition coefficient (Wildman–Crippen LogP) is 1.25. The maximum atomic E-state index is 11.5. The molecule has 0 spiro atoms. The van der Waals surface area contributed by atoms with E-state index in [-0.39, 0.29) is 11.7 Å². The van der Waals surface area contributed by atoms with Gasteiger partial charge in [0, 0.05) is 0 Å². The third-order valence-corrected chi connectivity index (χ3v) is 6.38. The van der Waals surface area contributed by atoms with Crippen LogP contribution in [-0.4, -0.2) is 20.1 Å². The van der Waals surface area contributed by atoms with Gasteiger partial charge in [-0.05, 0) is 0 Å². The van der Waals surface area contributed by atoms with E-state index in [0.717, 1.165) is 0 Å². The quantitative estimate of drug-likeness (QED) is 0.585. The first kappa shape index (κ1) is 13.8. The minimum atomic E-state index is -3.13. The topological polar surface area (TPSA) is 60.4 Å². The standard InChI is InChI=1S/C6H5.C3H7O3S2.Co.O/c1-2-4-6-5-3-1;1-2-8(5,6)7-3-4;;/h1-5H;2-3H2,1H3;;/q;-1;+1;. The molecular formula is C9H12CoO4S2. The van der Waals surface area contributed by atoms with Crippen molar-refractivity contribution in [3.05, 3.63) is 30.3 Å². The Labute approximate surface area is 103 Å². The second-order valence-electron chi connectivity index (χ2n) is 2.64. The Morgan fingerprint density at radius 3 is 2.50 bits per heavy atom. The zero-order chi connectivity index (χ0) is 12.0. The molecule has 0 aromatic heterocycles. The molecule has 4 nitrogen and oxygen atoms in total. The summed E-state index contributed by atoms with van der Waals surface area (Å²) >= 11 is -1.95. The molecule has 0 aliphatic carbocycles. The SMILES string of the molecule is CCS(=O)(=O)SC[O][Co](=[O])[c]1ccccc1. The molecule has 0 N–H and O–H groups in total. The summed E-state index contributed by atoms with van der Waals surface area (Å²) in [6.07, 6.45) is 0. The molecule has 0 unspecified atom stereocenters. The predicted molar refractivity (Wildman–Crippen MR) is 59.8 cm³/mol. The van der Waals surface area contributed by atoms with Gasteiger partial charge in [0.15, 0.2) is 0 Å². The van der Waals surface area contributed by atoms with E-state index in [1.165, 1.54) is 0 Å². The van der Waals surface area contributed by atoms with Gasteiger partial charge in [0.2, 0.25) is 0 Å². The summed E-state index contributed by atoms with van der Waals surface area (Å²) in [7, 11) is -2.47. The van der Waals surface area contributed by atoms with Crippen molar-refractivity contribution in [3.63, 3.8) is 0 Å². The molecule has 0 saturated carbocycles. The summed E-state index contributed by atoms with van der Waals surface area (Å²) in [6, 6.07) is 8.67. The molecule has 16 heavy (non-hydrogen) atoms. The van der Waals surface area contributed by atoms with E-state index in [1.54, 1.807) is 31.2 Å². The molecule has 1 aromatic rings. The van der Waals surface area contributed by atoms with Crippen LogP contribution < -0.4 is 4.50 Å². The number of benzene rings is 1. The van der Waals surface area contributed by atoms with Gasteiger partial charge < -0.3 is 0 Å². The van der Waals surface area contributed by atoms with E-state index in [0.29, 0.717) is 15.3 Å². The van der Waals surface area contributed by atoms with Crippen molar-refractivity contribution < 1.29 is 30.0 Å². The summed E-state index contributed by atoms with van der Waals surface area (Å²) in [5, 5.41) is 0. The average molecular weight is 307 g/mol. The van der Waals surface area contributed by atoms with E-state index >= 15 is 0 Å². The maximum absolute atomic E-state index is 11.5. The Morgan fingerprint density at radius 1 is 1.31 bits per heavy atom. The van der Waals surface area contributed by atoms with Crippen LogP contribution in [0, 0.1) is 0 Å². The molecule has 93 valence electrons.